The second-order valence-electron chi connectivity index (χ2n) is 5.73. The molecule has 128 valence electrons. The Labute approximate surface area is 141 Å². The van der Waals surface area contributed by atoms with Crippen LogP contribution < -0.4 is 5.32 Å². The van der Waals surface area contributed by atoms with Gasteiger partial charge < -0.3 is 15.0 Å². The van der Waals surface area contributed by atoms with Crippen LogP contribution in [0.4, 0.5) is 0 Å². The molecular weight excluding hydrogens is 308 g/mol. The lowest BCUT2D eigenvalue weighted by molar-refractivity contribution is -0.155. The third-order valence-corrected chi connectivity index (χ3v) is 3.69. The molecule has 2 rings (SSSR count). The number of ether oxygens (including phenoxy) is 1. The maximum absolute atomic E-state index is 12.3. The van der Waals surface area contributed by atoms with Gasteiger partial charge in [-0.2, -0.15) is 0 Å². The van der Waals surface area contributed by atoms with Gasteiger partial charge in [-0.1, -0.05) is 30.3 Å². The lowest BCUT2D eigenvalue weighted by Gasteiger charge is -2.21. The zero-order chi connectivity index (χ0) is 17.5. The van der Waals surface area contributed by atoms with Crippen molar-refractivity contribution in [1.82, 2.24) is 10.2 Å². The van der Waals surface area contributed by atoms with Crippen molar-refractivity contribution < 1.29 is 19.1 Å². The highest BCUT2D eigenvalue weighted by Gasteiger charge is 2.27. The van der Waals surface area contributed by atoms with Gasteiger partial charge in [0.15, 0.2) is 6.10 Å². The Morgan fingerprint density at radius 2 is 1.79 bits per heavy atom. The smallest absolute Gasteiger partial charge is 0.355 e. The highest BCUT2D eigenvalue weighted by atomic mass is 16.5. The van der Waals surface area contributed by atoms with Crippen molar-refractivity contribution in [3.05, 3.63) is 41.6 Å². The van der Waals surface area contributed by atoms with Crippen LogP contribution in [0.15, 0.2) is 36.0 Å². The summed E-state index contributed by atoms with van der Waals surface area (Å²) in [5, 5.41) is 2.46. The lowest BCUT2D eigenvalue weighted by atomic mass is 10.2. The molecule has 6 nitrogen and oxygen atoms in total. The van der Waals surface area contributed by atoms with Gasteiger partial charge in [0.1, 0.15) is 5.70 Å². The van der Waals surface area contributed by atoms with Crippen molar-refractivity contribution in [1.29, 1.82) is 0 Å². The second-order valence-corrected chi connectivity index (χ2v) is 5.73. The highest BCUT2D eigenvalue weighted by molar-refractivity contribution is 5.98. The van der Waals surface area contributed by atoms with Crippen LogP contribution in [0.2, 0.25) is 0 Å². The molecule has 0 bridgehead atoms. The van der Waals surface area contributed by atoms with Crippen molar-refractivity contribution in [3.8, 4) is 0 Å². The molecule has 0 spiro atoms. The van der Waals surface area contributed by atoms with E-state index in [2.05, 4.69) is 5.32 Å². The topological polar surface area (TPSA) is 75.7 Å². The molecule has 0 radical (unpaired) electrons. The Kier molecular flexibility index (Phi) is 6.12. The van der Waals surface area contributed by atoms with Gasteiger partial charge in [0.05, 0.1) is 0 Å². The summed E-state index contributed by atoms with van der Waals surface area (Å²) >= 11 is 0. The van der Waals surface area contributed by atoms with Gasteiger partial charge in [-0.25, -0.2) is 4.79 Å². The molecular formula is C18H22N2O4. The highest BCUT2D eigenvalue weighted by Crippen LogP contribution is 2.12. The lowest BCUT2D eigenvalue weighted by Crippen LogP contribution is -2.39. The van der Waals surface area contributed by atoms with E-state index >= 15 is 0 Å². The summed E-state index contributed by atoms with van der Waals surface area (Å²) in [5.74, 6) is -1.32. The van der Waals surface area contributed by atoms with Crippen LogP contribution in [0.5, 0.6) is 0 Å². The Hall–Kier alpha value is -2.63. The molecule has 1 saturated heterocycles. The number of carbonyl (C=O) groups is 3. The third-order valence-electron chi connectivity index (χ3n) is 3.69. The van der Waals surface area contributed by atoms with Crippen molar-refractivity contribution in [2.24, 2.45) is 0 Å². The maximum atomic E-state index is 12.3. The summed E-state index contributed by atoms with van der Waals surface area (Å²) in [6.45, 7) is 4.25. The molecule has 0 unspecified atom stereocenters. The average molecular weight is 330 g/mol. The largest absolute Gasteiger partial charge is 0.448 e. The number of hydrogen-bond donors (Lipinski definition) is 1. The van der Waals surface area contributed by atoms with Crippen molar-refractivity contribution in [2.75, 3.05) is 13.1 Å². The van der Waals surface area contributed by atoms with Crippen LogP contribution in [-0.2, 0) is 19.1 Å². The number of amides is 2. The van der Waals surface area contributed by atoms with Gasteiger partial charge >= 0.3 is 5.97 Å². The number of likely N-dealkylation sites (tertiary alicyclic amines) is 1. The third kappa shape index (κ3) is 4.94. The molecule has 1 fully saturated rings. The van der Waals surface area contributed by atoms with Crippen LogP contribution in [0.3, 0.4) is 0 Å². The van der Waals surface area contributed by atoms with E-state index in [1.54, 1.807) is 24.0 Å². The average Bonchev–Trinajstić information content (AvgIpc) is 3.08. The summed E-state index contributed by atoms with van der Waals surface area (Å²) < 4.78 is 5.25. The number of nitrogens with zero attached hydrogens (tertiary/aromatic N) is 1. The molecule has 1 atom stereocenters. The summed E-state index contributed by atoms with van der Waals surface area (Å²) in [7, 11) is 0. The van der Waals surface area contributed by atoms with E-state index in [1.165, 1.54) is 13.0 Å². The molecule has 6 heteroatoms. The first-order chi connectivity index (χ1) is 11.5. The Bertz CT molecular complexity index is 634. The fourth-order valence-corrected chi connectivity index (χ4v) is 2.52. The molecule has 0 saturated carbocycles. The normalized spacial score (nSPS) is 15.8. The molecule has 1 aromatic rings. The predicted octanol–water partition coefficient (Wildman–Crippen LogP) is 1.72. The SMILES string of the molecule is CC(=O)N/C(=C\c1ccccc1)C(=O)O[C@H](C)C(=O)N1CCCC1. The molecule has 1 N–H and O–H groups in total. The number of nitrogens with one attached hydrogen (secondary N) is 1. The van der Waals surface area contributed by atoms with Gasteiger partial charge in [-0.3, -0.25) is 9.59 Å². The van der Waals surface area contributed by atoms with E-state index in [0.717, 1.165) is 18.4 Å². The minimum atomic E-state index is -0.886. The number of rotatable bonds is 5. The van der Waals surface area contributed by atoms with E-state index in [-0.39, 0.29) is 17.5 Å². The van der Waals surface area contributed by atoms with Crippen molar-refractivity contribution >= 4 is 23.9 Å². The minimum Gasteiger partial charge on any atom is -0.448 e. The monoisotopic (exact) mass is 330 g/mol. The Morgan fingerprint density at radius 3 is 2.38 bits per heavy atom. The first-order valence-electron chi connectivity index (χ1n) is 8.01. The van der Waals surface area contributed by atoms with E-state index in [9.17, 15) is 14.4 Å². The molecule has 1 aliphatic rings. The van der Waals surface area contributed by atoms with Crippen LogP contribution in [-0.4, -0.2) is 41.9 Å². The van der Waals surface area contributed by atoms with Crippen LogP contribution in [0, 0.1) is 0 Å². The molecule has 24 heavy (non-hydrogen) atoms. The summed E-state index contributed by atoms with van der Waals surface area (Å²) in [4.78, 5) is 37.6. The minimum absolute atomic E-state index is 0.00905. The number of carbonyl (C=O) groups excluding carboxylic acids is 3. The van der Waals surface area contributed by atoms with Crippen molar-refractivity contribution in [3.63, 3.8) is 0 Å². The standard InChI is InChI=1S/C18H22N2O4/c1-13(17(22)20-10-6-7-11-20)24-18(23)16(19-14(2)21)12-15-8-4-3-5-9-15/h3-5,8-9,12-13H,6-7,10-11H2,1-2H3,(H,19,21)/b16-12-/t13-/m1/s1. The second kappa shape index (κ2) is 8.29. The van der Waals surface area contributed by atoms with E-state index < -0.39 is 12.1 Å². The van der Waals surface area contributed by atoms with Crippen molar-refractivity contribution in [2.45, 2.75) is 32.8 Å². The summed E-state index contributed by atoms with van der Waals surface area (Å²) in [5.41, 5.74) is 0.756. The maximum Gasteiger partial charge on any atom is 0.355 e. The summed E-state index contributed by atoms with van der Waals surface area (Å²) in [6, 6.07) is 9.09. The molecule has 1 aromatic carbocycles. The van der Waals surface area contributed by atoms with Gasteiger partial charge in [-0.05, 0) is 31.4 Å². The van der Waals surface area contributed by atoms with Crippen LogP contribution in [0.1, 0.15) is 32.3 Å². The fraction of sp³-hybridized carbons (Fsp3) is 0.389. The van der Waals surface area contributed by atoms with E-state index in [1.807, 2.05) is 18.2 Å². The summed E-state index contributed by atoms with van der Waals surface area (Å²) in [6.07, 6.45) is 2.58. The first kappa shape index (κ1) is 17.7. The first-order valence-corrected chi connectivity index (χ1v) is 8.01. The number of esters is 1. The quantitative estimate of drug-likeness (QED) is 0.659. The molecule has 0 aromatic heterocycles. The molecule has 2 amide bonds. The van der Waals surface area contributed by atoms with Gasteiger partial charge in [0.2, 0.25) is 5.91 Å². The fourth-order valence-electron chi connectivity index (χ4n) is 2.52. The Morgan fingerprint density at radius 1 is 1.17 bits per heavy atom. The zero-order valence-corrected chi connectivity index (χ0v) is 14.0. The van der Waals surface area contributed by atoms with Crippen LogP contribution >= 0.6 is 0 Å². The van der Waals surface area contributed by atoms with E-state index in [4.69, 9.17) is 4.74 Å². The predicted molar refractivity (Wildman–Crippen MR) is 89.6 cm³/mol. The van der Waals surface area contributed by atoms with Crippen LogP contribution in [0.25, 0.3) is 6.08 Å². The van der Waals surface area contributed by atoms with Gasteiger partial charge in [0, 0.05) is 20.0 Å². The molecule has 1 heterocycles. The van der Waals surface area contributed by atoms with Gasteiger partial charge in [-0.15, -0.1) is 0 Å². The zero-order valence-electron chi connectivity index (χ0n) is 14.0. The molecule has 1 aliphatic heterocycles. The Balaban J connectivity index is 2.08. The molecule has 0 aliphatic carbocycles. The van der Waals surface area contributed by atoms with E-state index in [0.29, 0.717) is 13.1 Å². The van der Waals surface area contributed by atoms with Gasteiger partial charge in [0.25, 0.3) is 5.91 Å². The number of hydrogen-bond acceptors (Lipinski definition) is 4. The number of benzene rings is 1.